The Kier molecular flexibility index (Phi) is 4.33. The first-order valence-corrected chi connectivity index (χ1v) is 8.75. The van der Waals surface area contributed by atoms with Crippen molar-refractivity contribution in [2.75, 3.05) is 26.3 Å². The lowest BCUT2D eigenvalue weighted by Gasteiger charge is -2.43. The number of carbonyl (C=O) groups is 1. The van der Waals surface area contributed by atoms with Crippen LogP contribution in [0, 0.1) is 5.41 Å². The molecule has 0 spiro atoms. The summed E-state index contributed by atoms with van der Waals surface area (Å²) < 4.78 is 5.44. The molecule has 1 unspecified atom stereocenters. The van der Waals surface area contributed by atoms with Crippen LogP contribution in [0.3, 0.4) is 0 Å². The molecular formula is C16H24N2O2S. The summed E-state index contributed by atoms with van der Waals surface area (Å²) in [6.07, 6.45) is 3.45. The molecule has 0 aliphatic carbocycles. The normalized spacial score (nSPS) is 24.7. The van der Waals surface area contributed by atoms with Crippen molar-refractivity contribution in [3.63, 3.8) is 0 Å². The summed E-state index contributed by atoms with van der Waals surface area (Å²) in [4.78, 5) is 16.7. The summed E-state index contributed by atoms with van der Waals surface area (Å²) >= 11 is 1.82. The molecule has 1 amide bonds. The van der Waals surface area contributed by atoms with Gasteiger partial charge >= 0.3 is 0 Å². The SMILES string of the molecule is CCC1c2ccsc2CCN1C(=O)C1(CN)CCOCC1. The lowest BCUT2D eigenvalue weighted by atomic mass is 9.78. The van der Waals surface area contributed by atoms with Gasteiger partial charge in [-0.3, -0.25) is 4.79 Å². The lowest BCUT2D eigenvalue weighted by Crippen LogP contribution is -2.53. The van der Waals surface area contributed by atoms with Crippen molar-refractivity contribution in [3.8, 4) is 0 Å². The number of nitrogens with zero attached hydrogens (tertiary/aromatic N) is 1. The smallest absolute Gasteiger partial charge is 0.230 e. The summed E-state index contributed by atoms with van der Waals surface area (Å²) in [6.45, 7) is 4.72. The van der Waals surface area contributed by atoms with Gasteiger partial charge in [0.05, 0.1) is 11.5 Å². The van der Waals surface area contributed by atoms with E-state index < -0.39 is 5.41 Å². The van der Waals surface area contributed by atoms with E-state index in [0.29, 0.717) is 19.8 Å². The highest BCUT2D eigenvalue weighted by Crippen LogP contribution is 2.40. The average Bonchev–Trinajstić information content (AvgIpc) is 3.02. The molecule has 4 nitrogen and oxygen atoms in total. The standard InChI is InChI=1S/C16H24N2O2S/c1-2-13-12-4-10-21-14(12)3-7-18(13)15(19)16(11-17)5-8-20-9-6-16/h4,10,13H,2-3,5-9,11,17H2,1H3. The van der Waals surface area contributed by atoms with Crippen LogP contribution in [-0.2, 0) is 16.0 Å². The van der Waals surface area contributed by atoms with Gasteiger partial charge in [-0.15, -0.1) is 11.3 Å². The number of ether oxygens (including phenoxy) is 1. The Bertz CT molecular complexity index is 508. The van der Waals surface area contributed by atoms with E-state index in [1.165, 1.54) is 10.4 Å². The Morgan fingerprint density at radius 1 is 1.52 bits per heavy atom. The van der Waals surface area contributed by atoms with Crippen LogP contribution >= 0.6 is 11.3 Å². The molecule has 1 aromatic heterocycles. The van der Waals surface area contributed by atoms with Gasteiger partial charge in [-0.25, -0.2) is 0 Å². The Balaban J connectivity index is 1.87. The second-order valence-electron chi connectivity index (χ2n) is 6.07. The van der Waals surface area contributed by atoms with Gasteiger partial charge in [0.2, 0.25) is 5.91 Å². The maximum atomic E-state index is 13.2. The predicted molar refractivity (Wildman–Crippen MR) is 84.3 cm³/mol. The minimum Gasteiger partial charge on any atom is -0.381 e. The van der Waals surface area contributed by atoms with E-state index in [-0.39, 0.29) is 11.9 Å². The average molecular weight is 308 g/mol. The summed E-state index contributed by atoms with van der Waals surface area (Å²) in [7, 11) is 0. The summed E-state index contributed by atoms with van der Waals surface area (Å²) in [5.74, 6) is 0.247. The number of amides is 1. The molecule has 1 atom stereocenters. The largest absolute Gasteiger partial charge is 0.381 e. The summed E-state index contributed by atoms with van der Waals surface area (Å²) in [6, 6.07) is 2.41. The molecule has 1 aromatic rings. The highest BCUT2D eigenvalue weighted by molar-refractivity contribution is 7.10. The third-order valence-electron chi connectivity index (χ3n) is 5.04. The molecule has 0 saturated carbocycles. The number of thiophene rings is 1. The maximum Gasteiger partial charge on any atom is 0.230 e. The molecule has 3 heterocycles. The van der Waals surface area contributed by atoms with E-state index in [9.17, 15) is 4.79 Å². The van der Waals surface area contributed by atoms with Crippen LogP contribution in [0.25, 0.3) is 0 Å². The van der Waals surface area contributed by atoms with Crippen molar-refractivity contribution in [3.05, 3.63) is 21.9 Å². The number of rotatable bonds is 3. The van der Waals surface area contributed by atoms with Gasteiger partial charge in [0.25, 0.3) is 0 Å². The molecular weight excluding hydrogens is 284 g/mol. The van der Waals surface area contributed by atoms with Gasteiger partial charge in [0.1, 0.15) is 0 Å². The minimum atomic E-state index is -0.404. The Hall–Kier alpha value is -0.910. The molecule has 1 fully saturated rings. The van der Waals surface area contributed by atoms with Crippen LogP contribution in [0.15, 0.2) is 11.4 Å². The van der Waals surface area contributed by atoms with Crippen LogP contribution in [0.2, 0.25) is 0 Å². The molecule has 0 radical (unpaired) electrons. The van der Waals surface area contributed by atoms with E-state index in [1.807, 2.05) is 11.3 Å². The fraction of sp³-hybridized carbons (Fsp3) is 0.688. The third-order valence-corrected chi connectivity index (χ3v) is 6.03. The van der Waals surface area contributed by atoms with Gasteiger partial charge < -0.3 is 15.4 Å². The topological polar surface area (TPSA) is 55.6 Å². The van der Waals surface area contributed by atoms with Gasteiger partial charge in [0, 0.05) is 31.2 Å². The number of fused-ring (bicyclic) bond motifs is 1. The molecule has 0 aromatic carbocycles. The first kappa shape index (κ1) is 15.0. The number of hydrogen-bond donors (Lipinski definition) is 1. The van der Waals surface area contributed by atoms with Crippen LogP contribution in [0.1, 0.15) is 42.7 Å². The van der Waals surface area contributed by atoms with Crippen LogP contribution in [0.4, 0.5) is 0 Å². The van der Waals surface area contributed by atoms with Crippen molar-refractivity contribution in [2.45, 2.75) is 38.6 Å². The van der Waals surface area contributed by atoms with Crippen molar-refractivity contribution in [2.24, 2.45) is 11.1 Å². The second kappa shape index (κ2) is 6.07. The zero-order chi connectivity index (χ0) is 14.9. The van der Waals surface area contributed by atoms with Crippen LogP contribution < -0.4 is 5.73 Å². The minimum absolute atomic E-state index is 0.221. The van der Waals surface area contributed by atoms with E-state index in [4.69, 9.17) is 10.5 Å². The first-order chi connectivity index (χ1) is 10.2. The highest BCUT2D eigenvalue weighted by Gasteiger charge is 2.44. The molecule has 2 N–H and O–H groups in total. The van der Waals surface area contributed by atoms with E-state index in [1.54, 1.807) is 0 Å². The molecule has 0 bridgehead atoms. The Labute approximate surface area is 130 Å². The number of carbonyl (C=O) groups excluding carboxylic acids is 1. The van der Waals surface area contributed by atoms with E-state index >= 15 is 0 Å². The van der Waals surface area contributed by atoms with Crippen LogP contribution in [0.5, 0.6) is 0 Å². The van der Waals surface area contributed by atoms with E-state index in [2.05, 4.69) is 23.3 Å². The summed E-state index contributed by atoms with van der Waals surface area (Å²) in [5, 5.41) is 2.15. The molecule has 2 aliphatic heterocycles. The van der Waals surface area contributed by atoms with Crippen molar-refractivity contribution < 1.29 is 9.53 Å². The zero-order valence-corrected chi connectivity index (χ0v) is 13.5. The second-order valence-corrected chi connectivity index (χ2v) is 7.07. The molecule has 1 saturated heterocycles. The quantitative estimate of drug-likeness (QED) is 0.932. The number of nitrogens with two attached hydrogens (primary N) is 1. The zero-order valence-electron chi connectivity index (χ0n) is 12.6. The van der Waals surface area contributed by atoms with Gasteiger partial charge in [-0.1, -0.05) is 6.92 Å². The molecule has 21 heavy (non-hydrogen) atoms. The Morgan fingerprint density at radius 2 is 2.29 bits per heavy atom. The molecule has 5 heteroatoms. The molecule has 3 rings (SSSR count). The van der Waals surface area contributed by atoms with Gasteiger partial charge in [0.15, 0.2) is 0 Å². The predicted octanol–water partition coefficient (Wildman–Crippen LogP) is 2.34. The fourth-order valence-corrected chi connectivity index (χ4v) is 4.58. The van der Waals surface area contributed by atoms with Crippen molar-refractivity contribution >= 4 is 17.2 Å². The Morgan fingerprint density at radius 3 is 2.95 bits per heavy atom. The first-order valence-electron chi connectivity index (χ1n) is 7.87. The van der Waals surface area contributed by atoms with Crippen LogP contribution in [-0.4, -0.2) is 37.1 Å². The lowest BCUT2D eigenvalue weighted by molar-refractivity contribution is -0.150. The van der Waals surface area contributed by atoms with Gasteiger partial charge in [-0.05, 0) is 42.7 Å². The maximum absolute atomic E-state index is 13.2. The van der Waals surface area contributed by atoms with Crippen molar-refractivity contribution in [1.29, 1.82) is 0 Å². The third kappa shape index (κ3) is 2.51. The fourth-order valence-electron chi connectivity index (χ4n) is 3.65. The summed E-state index contributed by atoms with van der Waals surface area (Å²) in [5.41, 5.74) is 6.95. The number of hydrogen-bond acceptors (Lipinski definition) is 4. The van der Waals surface area contributed by atoms with Gasteiger partial charge in [-0.2, -0.15) is 0 Å². The molecule has 2 aliphatic rings. The van der Waals surface area contributed by atoms with Crippen molar-refractivity contribution in [1.82, 2.24) is 4.90 Å². The monoisotopic (exact) mass is 308 g/mol. The van der Waals surface area contributed by atoms with E-state index in [0.717, 1.165) is 32.2 Å². The highest BCUT2D eigenvalue weighted by atomic mass is 32.1. The molecule has 116 valence electrons.